The largest absolute Gasteiger partial charge is 0.397 e. The predicted octanol–water partition coefficient (Wildman–Crippen LogP) is 1.39. The van der Waals surface area contributed by atoms with Crippen molar-refractivity contribution in [1.29, 1.82) is 0 Å². The van der Waals surface area contributed by atoms with Gasteiger partial charge in [-0.15, -0.1) is 0 Å². The average Bonchev–Trinajstić information content (AvgIpc) is 2.40. The van der Waals surface area contributed by atoms with Crippen molar-refractivity contribution in [1.82, 2.24) is 0 Å². The molecule has 4 nitrogen and oxygen atoms in total. The summed E-state index contributed by atoms with van der Waals surface area (Å²) in [7, 11) is 0. The van der Waals surface area contributed by atoms with E-state index in [1.807, 2.05) is 0 Å². The summed E-state index contributed by atoms with van der Waals surface area (Å²) in [4.78, 5) is 2.08. The molecule has 0 saturated carbocycles. The fourth-order valence-corrected chi connectivity index (χ4v) is 2.27. The van der Waals surface area contributed by atoms with Crippen molar-refractivity contribution >= 4 is 11.4 Å². The lowest BCUT2D eigenvalue weighted by molar-refractivity contribution is 0.0159. The molecule has 0 bridgehead atoms. The van der Waals surface area contributed by atoms with E-state index in [0.29, 0.717) is 12.3 Å². The van der Waals surface area contributed by atoms with Crippen LogP contribution < -0.4 is 10.6 Å². The van der Waals surface area contributed by atoms with E-state index < -0.39 is 0 Å². The minimum absolute atomic E-state index is 0.0526. The minimum atomic E-state index is -0.266. The molecule has 0 radical (unpaired) electrons. The van der Waals surface area contributed by atoms with Crippen LogP contribution in [-0.2, 0) is 4.74 Å². The number of benzene rings is 1. The second-order valence-electron chi connectivity index (χ2n) is 4.48. The monoisotopic (exact) mass is 254 g/mol. The van der Waals surface area contributed by atoms with Gasteiger partial charge in [0.15, 0.2) is 0 Å². The van der Waals surface area contributed by atoms with Crippen LogP contribution in [0.3, 0.4) is 0 Å². The van der Waals surface area contributed by atoms with E-state index in [1.54, 1.807) is 6.07 Å². The van der Waals surface area contributed by atoms with Crippen LogP contribution >= 0.6 is 0 Å². The van der Waals surface area contributed by atoms with Gasteiger partial charge in [0.1, 0.15) is 5.82 Å². The summed E-state index contributed by atoms with van der Waals surface area (Å²) in [6.45, 7) is 2.03. The van der Waals surface area contributed by atoms with Gasteiger partial charge in [0, 0.05) is 13.1 Å². The van der Waals surface area contributed by atoms with Crippen LogP contribution in [0, 0.1) is 5.82 Å². The van der Waals surface area contributed by atoms with Gasteiger partial charge in [-0.2, -0.15) is 0 Å². The fraction of sp³-hybridized carbons (Fsp3) is 0.538. The molecule has 1 saturated heterocycles. The highest BCUT2D eigenvalue weighted by molar-refractivity contribution is 5.67. The number of ether oxygens (including phenoxy) is 1. The van der Waals surface area contributed by atoms with Crippen LogP contribution in [0.2, 0.25) is 0 Å². The minimum Gasteiger partial charge on any atom is -0.397 e. The number of rotatable bonds is 4. The van der Waals surface area contributed by atoms with Crippen LogP contribution in [0.5, 0.6) is 0 Å². The summed E-state index contributed by atoms with van der Waals surface area (Å²) in [5, 5.41) is 8.70. The Balaban J connectivity index is 1.94. The third kappa shape index (κ3) is 3.11. The van der Waals surface area contributed by atoms with Crippen LogP contribution in [0.1, 0.15) is 12.8 Å². The Labute approximate surface area is 106 Å². The van der Waals surface area contributed by atoms with E-state index in [4.69, 9.17) is 15.6 Å². The standard InChI is InChI=1S/C13H19FN2O2/c14-10-1-2-12(15)13(9-10)16-5-3-11(4-6-16)18-8-7-17/h1-2,9,11,17H,3-8,15H2. The Bertz CT molecular complexity index is 393. The smallest absolute Gasteiger partial charge is 0.125 e. The highest BCUT2D eigenvalue weighted by Crippen LogP contribution is 2.27. The van der Waals surface area contributed by atoms with Crippen LogP contribution in [0.15, 0.2) is 18.2 Å². The lowest BCUT2D eigenvalue weighted by atomic mass is 10.1. The molecule has 1 aromatic carbocycles. The van der Waals surface area contributed by atoms with E-state index in [1.165, 1.54) is 12.1 Å². The molecule has 1 aromatic rings. The molecule has 0 spiro atoms. The average molecular weight is 254 g/mol. The van der Waals surface area contributed by atoms with Crippen LogP contribution in [-0.4, -0.2) is 37.5 Å². The highest BCUT2D eigenvalue weighted by Gasteiger charge is 2.21. The first kappa shape index (κ1) is 13.1. The zero-order chi connectivity index (χ0) is 13.0. The number of nitrogens with zero attached hydrogens (tertiary/aromatic N) is 1. The Morgan fingerprint density at radius 3 is 2.78 bits per heavy atom. The van der Waals surface area contributed by atoms with E-state index >= 15 is 0 Å². The number of piperidine rings is 1. The molecule has 0 aromatic heterocycles. The number of hydrogen-bond donors (Lipinski definition) is 2. The molecule has 3 N–H and O–H groups in total. The van der Waals surface area contributed by atoms with Gasteiger partial charge in [-0.25, -0.2) is 4.39 Å². The van der Waals surface area contributed by atoms with Gasteiger partial charge < -0.3 is 20.5 Å². The van der Waals surface area contributed by atoms with Gasteiger partial charge in [-0.05, 0) is 31.0 Å². The molecule has 0 atom stereocenters. The SMILES string of the molecule is Nc1ccc(F)cc1N1CCC(OCCO)CC1. The Kier molecular flexibility index (Phi) is 4.38. The molecule has 100 valence electrons. The zero-order valence-corrected chi connectivity index (χ0v) is 10.3. The van der Waals surface area contributed by atoms with Crippen LogP contribution in [0.25, 0.3) is 0 Å². The molecule has 1 fully saturated rings. The molecule has 1 aliphatic rings. The Morgan fingerprint density at radius 1 is 1.39 bits per heavy atom. The van der Waals surface area contributed by atoms with Crippen molar-refractivity contribution in [3.05, 3.63) is 24.0 Å². The Morgan fingerprint density at radius 2 is 2.11 bits per heavy atom. The maximum absolute atomic E-state index is 13.2. The van der Waals surface area contributed by atoms with E-state index in [2.05, 4.69) is 4.90 Å². The molecule has 1 aliphatic heterocycles. The lowest BCUT2D eigenvalue weighted by Gasteiger charge is -2.34. The van der Waals surface area contributed by atoms with Crippen molar-refractivity contribution in [3.63, 3.8) is 0 Å². The quantitative estimate of drug-likeness (QED) is 0.797. The number of hydrogen-bond acceptors (Lipinski definition) is 4. The van der Waals surface area contributed by atoms with E-state index in [0.717, 1.165) is 31.6 Å². The summed E-state index contributed by atoms with van der Waals surface area (Å²) in [5.74, 6) is -0.266. The lowest BCUT2D eigenvalue weighted by Crippen LogP contribution is -2.37. The number of halogens is 1. The van der Waals surface area contributed by atoms with E-state index in [-0.39, 0.29) is 18.5 Å². The topological polar surface area (TPSA) is 58.7 Å². The molecule has 5 heteroatoms. The van der Waals surface area contributed by atoms with Crippen LogP contribution in [0.4, 0.5) is 15.8 Å². The Hall–Kier alpha value is -1.33. The zero-order valence-electron chi connectivity index (χ0n) is 10.3. The first-order valence-electron chi connectivity index (χ1n) is 6.23. The van der Waals surface area contributed by atoms with Gasteiger partial charge >= 0.3 is 0 Å². The summed E-state index contributed by atoms with van der Waals surface area (Å²) >= 11 is 0. The van der Waals surface area contributed by atoms with Gasteiger partial charge in [0.2, 0.25) is 0 Å². The molecule has 0 amide bonds. The summed E-state index contributed by atoms with van der Waals surface area (Å²) in [6.07, 6.45) is 1.93. The first-order valence-corrected chi connectivity index (χ1v) is 6.23. The number of nitrogens with two attached hydrogens (primary N) is 1. The molecule has 1 heterocycles. The third-order valence-corrected chi connectivity index (χ3v) is 3.22. The second kappa shape index (κ2) is 6.02. The molecule has 2 rings (SSSR count). The first-order chi connectivity index (χ1) is 8.70. The highest BCUT2D eigenvalue weighted by atomic mass is 19.1. The van der Waals surface area contributed by atoms with Gasteiger partial charge in [0.25, 0.3) is 0 Å². The maximum atomic E-state index is 13.2. The van der Waals surface area contributed by atoms with Gasteiger partial charge in [0.05, 0.1) is 30.7 Å². The number of nitrogen functional groups attached to an aromatic ring is 1. The number of aliphatic hydroxyl groups is 1. The molecule has 18 heavy (non-hydrogen) atoms. The van der Waals surface area contributed by atoms with Crippen molar-refractivity contribution in [2.24, 2.45) is 0 Å². The number of anilines is 2. The normalized spacial score (nSPS) is 17.1. The van der Waals surface area contributed by atoms with Gasteiger partial charge in [-0.1, -0.05) is 0 Å². The van der Waals surface area contributed by atoms with E-state index in [9.17, 15) is 4.39 Å². The molecular weight excluding hydrogens is 235 g/mol. The van der Waals surface area contributed by atoms with Crippen molar-refractivity contribution in [2.75, 3.05) is 36.9 Å². The van der Waals surface area contributed by atoms with Crippen molar-refractivity contribution in [2.45, 2.75) is 18.9 Å². The molecular formula is C13H19FN2O2. The van der Waals surface area contributed by atoms with Gasteiger partial charge in [-0.3, -0.25) is 0 Å². The third-order valence-electron chi connectivity index (χ3n) is 3.22. The summed E-state index contributed by atoms with van der Waals surface area (Å²) in [5.41, 5.74) is 7.23. The second-order valence-corrected chi connectivity index (χ2v) is 4.48. The predicted molar refractivity (Wildman–Crippen MR) is 69.1 cm³/mol. The summed E-state index contributed by atoms with van der Waals surface area (Å²) in [6, 6.07) is 4.44. The fourth-order valence-electron chi connectivity index (χ4n) is 2.27. The molecule has 0 unspecified atom stereocenters. The molecule has 0 aliphatic carbocycles. The summed E-state index contributed by atoms with van der Waals surface area (Å²) < 4.78 is 18.7. The maximum Gasteiger partial charge on any atom is 0.125 e. The van der Waals surface area contributed by atoms with Crippen molar-refractivity contribution < 1.29 is 14.2 Å². The van der Waals surface area contributed by atoms with Crippen molar-refractivity contribution in [3.8, 4) is 0 Å². The number of aliphatic hydroxyl groups excluding tert-OH is 1.